The van der Waals surface area contributed by atoms with Crippen molar-refractivity contribution in [1.82, 2.24) is 29.7 Å². The lowest BCUT2D eigenvalue weighted by Crippen LogP contribution is -2.39. The van der Waals surface area contributed by atoms with Gasteiger partial charge in [0.05, 0.1) is 12.4 Å². The minimum absolute atomic E-state index is 0.0141. The minimum Gasteiger partial charge on any atom is -0.338 e. The van der Waals surface area contributed by atoms with Crippen LogP contribution in [0.3, 0.4) is 0 Å². The molecule has 146 valence electrons. The van der Waals surface area contributed by atoms with Gasteiger partial charge in [-0.1, -0.05) is 29.8 Å². The first kappa shape index (κ1) is 17.6. The molecule has 1 fully saturated rings. The fraction of sp³-hybridized carbons (Fsp3) is 0.273. The van der Waals surface area contributed by atoms with Gasteiger partial charge in [-0.15, -0.1) is 0 Å². The smallest absolute Gasteiger partial charge is 0.259 e. The normalized spacial score (nSPS) is 17.0. The number of carbonyl (C=O) groups is 1. The summed E-state index contributed by atoms with van der Waals surface area (Å²) in [6.45, 7) is 3.48. The van der Waals surface area contributed by atoms with Crippen molar-refractivity contribution in [3.8, 4) is 11.1 Å². The van der Waals surface area contributed by atoms with Crippen LogP contribution in [-0.4, -0.2) is 48.7 Å². The Balaban J connectivity index is 1.41. The molecule has 5 rings (SSSR count). The predicted octanol–water partition coefficient (Wildman–Crippen LogP) is 3.45. The summed E-state index contributed by atoms with van der Waals surface area (Å²) in [6, 6.07) is 10.3. The van der Waals surface area contributed by atoms with Crippen LogP contribution in [0.25, 0.3) is 16.8 Å². The standard InChI is InChI=1S/C22H22N6O/c1-15-5-7-16(8-6-15)18-12-24-26-20(18)17-4-2-10-27(14-17)22(29)19-13-25-28-11-3-9-23-21(19)28/h3,5-9,11-13,17H,2,4,10,14H2,1H3,(H,24,26)/t17-/m0/s1. The summed E-state index contributed by atoms with van der Waals surface area (Å²) in [4.78, 5) is 19.4. The number of nitrogens with zero attached hydrogens (tertiary/aromatic N) is 5. The van der Waals surface area contributed by atoms with Crippen LogP contribution in [0.4, 0.5) is 0 Å². The van der Waals surface area contributed by atoms with Crippen LogP contribution < -0.4 is 0 Å². The molecule has 4 aromatic rings. The van der Waals surface area contributed by atoms with Gasteiger partial charge in [-0.3, -0.25) is 9.89 Å². The molecule has 1 N–H and O–H groups in total. The Morgan fingerprint density at radius 2 is 2.07 bits per heavy atom. The van der Waals surface area contributed by atoms with Gasteiger partial charge in [0.2, 0.25) is 0 Å². The third kappa shape index (κ3) is 3.18. The summed E-state index contributed by atoms with van der Waals surface area (Å²) >= 11 is 0. The van der Waals surface area contributed by atoms with E-state index in [9.17, 15) is 4.79 Å². The van der Waals surface area contributed by atoms with Crippen molar-refractivity contribution in [1.29, 1.82) is 0 Å². The van der Waals surface area contributed by atoms with Gasteiger partial charge < -0.3 is 4.90 Å². The number of aromatic nitrogens is 5. The first-order valence-electron chi connectivity index (χ1n) is 9.88. The number of rotatable bonds is 3. The van der Waals surface area contributed by atoms with Gasteiger partial charge in [0, 0.05) is 42.7 Å². The van der Waals surface area contributed by atoms with Crippen molar-refractivity contribution in [3.63, 3.8) is 0 Å². The highest BCUT2D eigenvalue weighted by atomic mass is 16.2. The van der Waals surface area contributed by atoms with Crippen molar-refractivity contribution in [2.45, 2.75) is 25.7 Å². The van der Waals surface area contributed by atoms with Crippen LogP contribution in [0.1, 0.15) is 40.4 Å². The van der Waals surface area contributed by atoms with Crippen LogP contribution in [0.2, 0.25) is 0 Å². The molecular weight excluding hydrogens is 364 g/mol. The third-order valence-corrected chi connectivity index (χ3v) is 5.66. The van der Waals surface area contributed by atoms with E-state index in [-0.39, 0.29) is 11.8 Å². The zero-order valence-electron chi connectivity index (χ0n) is 16.2. The van der Waals surface area contributed by atoms with Crippen molar-refractivity contribution in [2.24, 2.45) is 0 Å². The van der Waals surface area contributed by atoms with Gasteiger partial charge in [-0.05, 0) is 31.4 Å². The highest BCUT2D eigenvalue weighted by Crippen LogP contribution is 2.33. The maximum Gasteiger partial charge on any atom is 0.259 e. The van der Waals surface area contributed by atoms with E-state index in [1.807, 2.05) is 11.1 Å². The van der Waals surface area contributed by atoms with Crippen LogP contribution in [0.5, 0.6) is 0 Å². The molecule has 1 amide bonds. The van der Waals surface area contributed by atoms with Crippen molar-refractivity contribution < 1.29 is 4.79 Å². The lowest BCUT2D eigenvalue weighted by atomic mass is 9.90. The van der Waals surface area contributed by atoms with E-state index in [0.717, 1.165) is 36.2 Å². The Morgan fingerprint density at radius 3 is 2.93 bits per heavy atom. The van der Waals surface area contributed by atoms with Crippen LogP contribution in [0.15, 0.2) is 55.1 Å². The molecule has 1 atom stereocenters. The molecule has 4 heterocycles. The maximum atomic E-state index is 13.2. The average Bonchev–Trinajstić information content (AvgIpc) is 3.41. The number of nitrogens with one attached hydrogen (secondary N) is 1. The Bertz CT molecular complexity index is 1160. The number of aryl methyl sites for hydroxylation is 1. The number of hydrogen-bond donors (Lipinski definition) is 1. The fourth-order valence-corrected chi connectivity index (χ4v) is 4.12. The predicted molar refractivity (Wildman–Crippen MR) is 110 cm³/mol. The van der Waals surface area contributed by atoms with Crippen molar-refractivity contribution in [2.75, 3.05) is 13.1 Å². The quantitative estimate of drug-likeness (QED) is 0.585. The van der Waals surface area contributed by atoms with Gasteiger partial charge in [0.15, 0.2) is 5.65 Å². The summed E-state index contributed by atoms with van der Waals surface area (Å²) in [6.07, 6.45) is 8.97. The number of amides is 1. The van der Waals surface area contributed by atoms with E-state index in [2.05, 4.69) is 51.5 Å². The van der Waals surface area contributed by atoms with Gasteiger partial charge in [0.1, 0.15) is 5.56 Å². The number of hydrogen-bond acceptors (Lipinski definition) is 4. The molecule has 0 bridgehead atoms. The van der Waals surface area contributed by atoms with Crippen molar-refractivity contribution in [3.05, 3.63) is 71.9 Å². The number of carbonyl (C=O) groups excluding carboxylic acids is 1. The number of H-pyrrole nitrogens is 1. The lowest BCUT2D eigenvalue weighted by molar-refractivity contribution is 0.0707. The Morgan fingerprint density at radius 1 is 1.21 bits per heavy atom. The van der Waals surface area contributed by atoms with E-state index in [0.29, 0.717) is 17.8 Å². The summed E-state index contributed by atoms with van der Waals surface area (Å²) in [7, 11) is 0. The fourth-order valence-electron chi connectivity index (χ4n) is 4.12. The van der Waals surface area contributed by atoms with E-state index in [4.69, 9.17) is 0 Å². The Labute approximate surface area is 168 Å². The summed E-state index contributed by atoms with van der Waals surface area (Å²) < 4.78 is 1.64. The third-order valence-electron chi connectivity index (χ3n) is 5.66. The van der Waals surface area contributed by atoms with E-state index < -0.39 is 0 Å². The molecular formula is C22H22N6O. The highest BCUT2D eigenvalue weighted by Gasteiger charge is 2.29. The summed E-state index contributed by atoms with van der Waals surface area (Å²) in [5.74, 6) is 0.209. The molecule has 0 spiro atoms. The highest BCUT2D eigenvalue weighted by molar-refractivity contribution is 5.99. The molecule has 0 aliphatic carbocycles. The zero-order valence-corrected chi connectivity index (χ0v) is 16.2. The number of fused-ring (bicyclic) bond motifs is 1. The molecule has 0 unspecified atom stereocenters. The first-order chi connectivity index (χ1) is 14.2. The van der Waals surface area contributed by atoms with Gasteiger partial charge in [-0.2, -0.15) is 10.2 Å². The number of likely N-dealkylation sites (tertiary alicyclic amines) is 1. The SMILES string of the molecule is Cc1ccc(-c2cn[nH]c2[C@H]2CCCN(C(=O)c3cnn4cccnc34)C2)cc1. The average molecular weight is 386 g/mol. The molecule has 0 radical (unpaired) electrons. The topological polar surface area (TPSA) is 79.2 Å². The van der Waals surface area contributed by atoms with Gasteiger partial charge in [0.25, 0.3) is 5.91 Å². The molecule has 1 aromatic carbocycles. The second-order valence-electron chi connectivity index (χ2n) is 7.60. The largest absolute Gasteiger partial charge is 0.338 e. The van der Waals surface area contributed by atoms with E-state index in [1.54, 1.807) is 29.2 Å². The lowest BCUT2D eigenvalue weighted by Gasteiger charge is -2.32. The number of piperidine rings is 1. The first-order valence-corrected chi connectivity index (χ1v) is 9.88. The number of benzene rings is 1. The van der Waals surface area contributed by atoms with E-state index in [1.165, 1.54) is 5.56 Å². The Hall–Kier alpha value is -3.48. The zero-order chi connectivity index (χ0) is 19.8. The molecule has 7 nitrogen and oxygen atoms in total. The monoisotopic (exact) mass is 386 g/mol. The van der Waals surface area contributed by atoms with E-state index >= 15 is 0 Å². The second kappa shape index (κ2) is 7.16. The summed E-state index contributed by atoms with van der Waals surface area (Å²) in [5.41, 5.74) is 5.74. The van der Waals surface area contributed by atoms with Gasteiger partial charge in [-0.25, -0.2) is 9.50 Å². The maximum absolute atomic E-state index is 13.2. The molecule has 3 aromatic heterocycles. The molecule has 7 heteroatoms. The van der Waals surface area contributed by atoms with Crippen LogP contribution in [0, 0.1) is 6.92 Å². The van der Waals surface area contributed by atoms with Crippen LogP contribution >= 0.6 is 0 Å². The van der Waals surface area contributed by atoms with Gasteiger partial charge >= 0.3 is 0 Å². The van der Waals surface area contributed by atoms with Crippen molar-refractivity contribution >= 4 is 11.6 Å². The summed E-state index contributed by atoms with van der Waals surface area (Å²) in [5, 5.41) is 11.8. The second-order valence-corrected chi connectivity index (χ2v) is 7.60. The molecule has 1 aliphatic heterocycles. The van der Waals surface area contributed by atoms with Crippen LogP contribution in [-0.2, 0) is 0 Å². The molecule has 1 saturated heterocycles. The molecule has 1 aliphatic rings. The molecule has 0 saturated carbocycles. The molecule has 29 heavy (non-hydrogen) atoms. The number of aromatic amines is 1. The minimum atomic E-state index is -0.0141. The Kier molecular flexibility index (Phi) is 4.35.